The number of hydrogen-bond donors (Lipinski definition) is 2. The van der Waals surface area contributed by atoms with E-state index < -0.39 is 0 Å². The molecule has 0 amide bonds. The number of aromatic nitrogens is 2. The van der Waals surface area contributed by atoms with Gasteiger partial charge in [0.15, 0.2) is 4.96 Å². The van der Waals surface area contributed by atoms with Crippen molar-refractivity contribution in [1.29, 1.82) is 0 Å². The summed E-state index contributed by atoms with van der Waals surface area (Å²) in [5.74, 6) is 0.907. The monoisotopic (exact) mass is 299 g/mol. The molecule has 19 heavy (non-hydrogen) atoms. The molecule has 2 rings (SSSR count). The van der Waals surface area contributed by atoms with E-state index in [0.717, 1.165) is 28.7 Å². The molecular weight excluding hydrogens is 278 g/mol. The Bertz CT molecular complexity index is 527. The number of fused-ring (bicyclic) bond motifs is 1. The third-order valence-electron chi connectivity index (χ3n) is 2.65. The van der Waals surface area contributed by atoms with Gasteiger partial charge in [0.2, 0.25) is 0 Å². The SMILES string of the molecule is CC(C)(C)NCc1c(SCCCO)nc2sccn12. The Kier molecular flexibility index (Phi) is 4.89. The van der Waals surface area contributed by atoms with Gasteiger partial charge in [0.25, 0.3) is 0 Å². The van der Waals surface area contributed by atoms with Crippen LogP contribution in [0.25, 0.3) is 4.96 Å². The molecule has 106 valence electrons. The van der Waals surface area contributed by atoms with Crippen molar-refractivity contribution in [3.8, 4) is 0 Å². The number of imidazole rings is 1. The summed E-state index contributed by atoms with van der Waals surface area (Å²) >= 11 is 3.38. The van der Waals surface area contributed by atoms with Crippen molar-refractivity contribution in [2.24, 2.45) is 0 Å². The highest BCUT2D eigenvalue weighted by atomic mass is 32.2. The van der Waals surface area contributed by atoms with Gasteiger partial charge < -0.3 is 10.4 Å². The molecule has 0 aliphatic carbocycles. The lowest BCUT2D eigenvalue weighted by molar-refractivity contribution is 0.296. The van der Waals surface area contributed by atoms with Crippen LogP contribution in [0.5, 0.6) is 0 Å². The summed E-state index contributed by atoms with van der Waals surface area (Å²) < 4.78 is 2.16. The molecule has 2 N–H and O–H groups in total. The molecule has 0 saturated carbocycles. The van der Waals surface area contributed by atoms with Crippen molar-refractivity contribution < 1.29 is 5.11 Å². The zero-order chi connectivity index (χ0) is 13.9. The van der Waals surface area contributed by atoms with E-state index in [1.807, 2.05) is 0 Å². The fraction of sp³-hybridized carbons (Fsp3) is 0.615. The lowest BCUT2D eigenvalue weighted by Gasteiger charge is -2.20. The topological polar surface area (TPSA) is 49.6 Å². The van der Waals surface area contributed by atoms with Crippen LogP contribution in [0.1, 0.15) is 32.9 Å². The van der Waals surface area contributed by atoms with Gasteiger partial charge in [0, 0.05) is 36.0 Å². The molecule has 2 heterocycles. The van der Waals surface area contributed by atoms with Crippen molar-refractivity contribution >= 4 is 28.1 Å². The second-order valence-corrected chi connectivity index (χ2v) is 7.41. The molecule has 2 aromatic rings. The Morgan fingerprint density at radius 3 is 2.95 bits per heavy atom. The Balaban J connectivity index is 2.16. The van der Waals surface area contributed by atoms with Gasteiger partial charge in [-0.2, -0.15) is 0 Å². The van der Waals surface area contributed by atoms with Crippen LogP contribution in [-0.2, 0) is 6.54 Å². The molecule has 6 heteroatoms. The number of rotatable bonds is 6. The molecule has 4 nitrogen and oxygen atoms in total. The lowest BCUT2D eigenvalue weighted by Crippen LogP contribution is -2.35. The molecule has 0 spiro atoms. The van der Waals surface area contributed by atoms with Crippen molar-refractivity contribution in [1.82, 2.24) is 14.7 Å². The minimum absolute atomic E-state index is 0.0905. The number of hydrogen-bond acceptors (Lipinski definition) is 5. The summed E-state index contributed by atoms with van der Waals surface area (Å²) in [4.78, 5) is 5.71. The first-order valence-electron chi connectivity index (χ1n) is 6.44. The molecule has 0 atom stereocenters. The number of aliphatic hydroxyl groups is 1. The average molecular weight is 299 g/mol. The number of aliphatic hydroxyl groups excluding tert-OH is 1. The Morgan fingerprint density at radius 1 is 1.47 bits per heavy atom. The van der Waals surface area contributed by atoms with Crippen molar-refractivity contribution in [2.45, 2.75) is 44.3 Å². The van der Waals surface area contributed by atoms with E-state index in [2.05, 4.69) is 47.0 Å². The van der Waals surface area contributed by atoms with Crippen molar-refractivity contribution in [3.05, 3.63) is 17.3 Å². The Morgan fingerprint density at radius 2 is 2.26 bits per heavy atom. The Labute approximate surface area is 122 Å². The zero-order valence-corrected chi connectivity index (χ0v) is 13.3. The molecule has 0 bridgehead atoms. The number of nitrogens with zero attached hydrogens (tertiary/aromatic N) is 2. The number of nitrogens with one attached hydrogen (secondary N) is 1. The van der Waals surface area contributed by atoms with E-state index in [1.165, 1.54) is 5.69 Å². The predicted octanol–water partition coefficient (Wildman–Crippen LogP) is 2.76. The molecular formula is C13H21N3OS2. The van der Waals surface area contributed by atoms with E-state index in [1.54, 1.807) is 23.1 Å². The number of thiazole rings is 1. The van der Waals surface area contributed by atoms with E-state index in [0.29, 0.717) is 0 Å². The molecule has 0 saturated heterocycles. The van der Waals surface area contributed by atoms with Gasteiger partial charge in [-0.25, -0.2) is 4.98 Å². The first-order chi connectivity index (χ1) is 9.01. The van der Waals surface area contributed by atoms with Crippen LogP contribution in [0, 0.1) is 0 Å². The van der Waals surface area contributed by atoms with Crippen LogP contribution in [-0.4, -0.2) is 32.4 Å². The maximum atomic E-state index is 8.87. The quantitative estimate of drug-likeness (QED) is 0.636. The van der Waals surface area contributed by atoms with E-state index >= 15 is 0 Å². The van der Waals surface area contributed by atoms with Crippen LogP contribution in [0.2, 0.25) is 0 Å². The average Bonchev–Trinajstić information content (AvgIpc) is 2.86. The van der Waals surface area contributed by atoms with Gasteiger partial charge in [0.05, 0.1) is 5.69 Å². The van der Waals surface area contributed by atoms with Crippen LogP contribution < -0.4 is 5.32 Å². The van der Waals surface area contributed by atoms with Crippen molar-refractivity contribution in [3.63, 3.8) is 0 Å². The third-order valence-corrected chi connectivity index (χ3v) is 4.50. The maximum absolute atomic E-state index is 8.87. The second kappa shape index (κ2) is 6.26. The van der Waals surface area contributed by atoms with E-state index in [-0.39, 0.29) is 12.1 Å². The smallest absolute Gasteiger partial charge is 0.194 e. The Hall–Kier alpha value is -0.560. The first kappa shape index (κ1) is 14.8. The standard InChI is InChI=1S/C13H21N3OS2/c1-13(2,3)14-9-10-11(18-7-4-6-17)15-12-16(10)5-8-19-12/h5,8,14,17H,4,6-7,9H2,1-3H3. The molecule has 0 fully saturated rings. The van der Waals surface area contributed by atoms with E-state index in [4.69, 9.17) is 5.11 Å². The van der Waals surface area contributed by atoms with Gasteiger partial charge in [-0.3, -0.25) is 4.40 Å². The van der Waals surface area contributed by atoms with Gasteiger partial charge in [-0.05, 0) is 27.2 Å². The summed E-state index contributed by atoms with van der Waals surface area (Å²) in [6.45, 7) is 7.54. The lowest BCUT2D eigenvalue weighted by atomic mass is 10.1. The molecule has 0 unspecified atom stereocenters. The van der Waals surface area contributed by atoms with Crippen LogP contribution in [0.4, 0.5) is 0 Å². The summed E-state index contributed by atoms with van der Waals surface area (Å²) in [6, 6.07) is 0. The van der Waals surface area contributed by atoms with E-state index in [9.17, 15) is 0 Å². The normalized spacial score (nSPS) is 12.4. The summed E-state index contributed by atoms with van der Waals surface area (Å²) in [6.07, 6.45) is 2.88. The zero-order valence-electron chi connectivity index (χ0n) is 11.6. The van der Waals surface area contributed by atoms with Gasteiger partial charge in [-0.1, -0.05) is 0 Å². The van der Waals surface area contributed by atoms with Gasteiger partial charge in [0.1, 0.15) is 5.03 Å². The van der Waals surface area contributed by atoms with Crippen LogP contribution >= 0.6 is 23.1 Å². The predicted molar refractivity (Wildman–Crippen MR) is 82.1 cm³/mol. The van der Waals surface area contributed by atoms with Gasteiger partial charge >= 0.3 is 0 Å². The summed E-state index contributed by atoms with van der Waals surface area (Å²) in [5.41, 5.74) is 1.31. The third kappa shape index (κ3) is 3.95. The first-order valence-corrected chi connectivity index (χ1v) is 8.31. The number of thioether (sulfide) groups is 1. The second-order valence-electron chi connectivity index (χ2n) is 5.45. The maximum Gasteiger partial charge on any atom is 0.194 e. The fourth-order valence-corrected chi connectivity index (χ4v) is 3.42. The minimum atomic E-state index is 0.0905. The fourth-order valence-electron chi connectivity index (χ4n) is 1.67. The highest BCUT2D eigenvalue weighted by Gasteiger charge is 2.16. The van der Waals surface area contributed by atoms with Gasteiger partial charge in [-0.15, -0.1) is 23.1 Å². The minimum Gasteiger partial charge on any atom is -0.396 e. The largest absolute Gasteiger partial charge is 0.396 e. The summed E-state index contributed by atoms with van der Waals surface area (Å²) in [5, 5.41) is 15.5. The highest BCUT2D eigenvalue weighted by molar-refractivity contribution is 7.99. The molecule has 2 aromatic heterocycles. The summed E-state index contributed by atoms with van der Waals surface area (Å²) in [7, 11) is 0. The molecule has 0 aliphatic rings. The highest BCUT2D eigenvalue weighted by Crippen LogP contribution is 2.26. The molecule has 0 aliphatic heterocycles. The van der Waals surface area contributed by atoms with Crippen LogP contribution in [0.15, 0.2) is 16.6 Å². The van der Waals surface area contributed by atoms with Crippen LogP contribution in [0.3, 0.4) is 0 Å². The molecule has 0 aromatic carbocycles. The molecule has 0 radical (unpaired) electrons. The van der Waals surface area contributed by atoms with Crippen molar-refractivity contribution in [2.75, 3.05) is 12.4 Å².